The largest absolute Gasteiger partial charge is 0.480 e. The van der Waals surface area contributed by atoms with Gasteiger partial charge in [0, 0.05) is 6.20 Å². The molecule has 1 aromatic heterocycles. The van der Waals surface area contributed by atoms with Crippen LogP contribution in [0, 0.1) is 0 Å². The summed E-state index contributed by atoms with van der Waals surface area (Å²) in [7, 11) is 0. The van der Waals surface area contributed by atoms with Crippen LogP contribution < -0.4 is 5.32 Å². The van der Waals surface area contributed by atoms with E-state index >= 15 is 0 Å². The maximum atomic E-state index is 12.2. The van der Waals surface area contributed by atoms with Crippen molar-refractivity contribution in [1.29, 1.82) is 0 Å². The first-order chi connectivity index (χ1) is 8.92. The van der Waals surface area contributed by atoms with Gasteiger partial charge in [0.25, 0.3) is 5.91 Å². The van der Waals surface area contributed by atoms with Crippen LogP contribution in [0.5, 0.6) is 0 Å². The number of carbonyl (C=O) groups excluding carboxylic acids is 1. The summed E-state index contributed by atoms with van der Waals surface area (Å²) in [6.45, 7) is 2.92. The number of nitrogens with zero attached hydrogens (tertiary/aromatic N) is 2. The molecular formula is C13H19N3O3. The Hall–Kier alpha value is -1.85. The monoisotopic (exact) mass is 265 g/mol. The van der Waals surface area contributed by atoms with Crippen molar-refractivity contribution < 1.29 is 14.7 Å². The lowest BCUT2D eigenvalue weighted by Gasteiger charge is -2.22. The average Bonchev–Trinajstić information content (AvgIpc) is 2.99. The molecule has 0 saturated heterocycles. The lowest BCUT2D eigenvalue weighted by Crippen LogP contribution is -2.50. The third kappa shape index (κ3) is 2.77. The molecular weight excluding hydrogens is 246 g/mol. The van der Waals surface area contributed by atoms with Gasteiger partial charge in [-0.15, -0.1) is 0 Å². The molecule has 0 unspecified atom stereocenters. The van der Waals surface area contributed by atoms with Crippen molar-refractivity contribution >= 4 is 11.9 Å². The number of carboxylic acids is 1. The quantitative estimate of drug-likeness (QED) is 0.865. The van der Waals surface area contributed by atoms with Crippen molar-refractivity contribution in [2.75, 3.05) is 0 Å². The Labute approximate surface area is 111 Å². The lowest BCUT2D eigenvalue weighted by atomic mass is 10.1. The maximum absolute atomic E-state index is 12.2. The maximum Gasteiger partial charge on any atom is 0.328 e. The van der Waals surface area contributed by atoms with E-state index in [0.717, 1.165) is 25.7 Å². The number of amides is 1. The summed E-state index contributed by atoms with van der Waals surface area (Å²) in [5.41, 5.74) is -0.858. The highest BCUT2D eigenvalue weighted by Gasteiger charge is 2.31. The first-order valence-corrected chi connectivity index (χ1v) is 6.51. The smallest absolute Gasteiger partial charge is 0.328 e. The van der Waals surface area contributed by atoms with Gasteiger partial charge in [0.1, 0.15) is 11.2 Å². The Kier molecular flexibility index (Phi) is 3.59. The molecule has 0 bridgehead atoms. The highest BCUT2D eigenvalue weighted by molar-refractivity contribution is 5.96. The van der Waals surface area contributed by atoms with Crippen molar-refractivity contribution in [1.82, 2.24) is 15.1 Å². The predicted molar refractivity (Wildman–Crippen MR) is 68.9 cm³/mol. The van der Waals surface area contributed by atoms with Crippen LogP contribution in [0.4, 0.5) is 0 Å². The van der Waals surface area contributed by atoms with Crippen LogP contribution in [-0.2, 0) is 4.79 Å². The number of rotatable bonds is 4. The summed E-state index contributed by atoms with van der Waals surface area (Å²) in [6.07, 6.45) is 5.91. The molecule has 6 heteroatoms. The van der Waals surface area contributed by atoms with Crippen molar-refractivity contribution in [2.45, 2.75) is 51.1 Å². The summed E-state index contributed by atoms with van der Waals surface area (Å²) in [5, 5.41) is 15.8. The van der Waals surface area contributed by atoms with Gasteiger partial charge in [-0.2, -0.15) is 5.10 Å². The second-order valence-electron chi connectivity index (χ2n) is 5.48. The van der Waals surface area contributed by atoms with Crippen molar-refractivity contribution in [2.24, 2.45) is 0 Å². The molecule has 0 atom stereocenters. The van der Waals surface area contributed by atoms with E-state index in [0.29, 0.717) is 5.69 Å². The van der Waals surface area contributed by atoms with Gasteiger partial charge in [-0.3, -0.25) is 9.48 Å². The Balaban J connectivity index is 2.16. The fourth-order valence-corrected chi connectivity index (χ4v) is 2.34. The molecule has 1 fully saturated rings. The molecule has 1 amide bonds. The van der Waals surface area contributed by atoms with E-state index in [-0.39, 0.29) is 6.04 Å². The molecule has 2 N–H and O–H groups in total. The van der Waals surface area contributed by atoms with Crippen LogP contribution >= 0.6 is 0 Å². The van der Waals surface area contributed by atoms with E-state index in [1.54, 1.807) is 16.9 Å². The minimum absolute atomic E-state index is 0.253. The number of hydrogen-bond acceptors (Lipinski definition) is 3. The van der Waals surface area contributed by atoms with Gasteiger partial charge in [-0.05, 0) is 32.8 Å². The molecule has 0 aliphatic heterocycles. The minimum atomic E-state index is -1.29. The number of carboxylic acid groups (broad SMARTS) is 1. The van der Waals surface area contributed by atoms with Crippen LogP contribution in [0.3, 0.4) is 0 Å². The summed E-state index contributed by atoms with van der Waals surface area (Å²) in [6, 6.07) is 1.88. The predicted octanol–water partition coefficient (Wildman–Crippen LogP) is 1.59. The number of aliphatic carboxylic acids is 1. The number of hydrogen-bond donors (Lipinski definition) is 2. The third-order valence-corrected chi connectivity index (χ3v) is 3.53. The fraction of sp³-hybridized carbons (Fsp3) is 0.615. The first kappa shape index (κ1) is 13.6. The van der Waals surface area contributed by atoms with E-state index in [2.05, 4.69) is 10.4 Å². The van der Waals surface area contributed by atoms with Gasteiger partial charge in [0.2, 0.25) is 0 Å². The molecule has 1 aliphatic carbocycles. The number of carbonyl (C=O) groups is 2. The Morgan fingerprint density at radius 1 is 1.42 bits per heavy atom. The minimum Gasteiger partial charge on any atom is -0.480 e. The Bertz CT molecular complexity index is 487. The van der Waals surface area contributed by atoms with Gasteiger partial charge < -0.3 is 10.4 Å². The second-order valence-corrected chi connectivity index (χ2v) is 5.48. The number of aromatic nitrogens is 2. The van der Waals surface area contributed by atoms with E-state index in [1.165, 1.54) is 13.8 Å². The molecule has 1 heterocycles. The molecule has 6 nitrogen and oxygen atoms in total. The average molecular weight is 265 g/mol. The molecule has 1 aliphatic rings. The van der Waals surface area contributed by atoms with E-state index in [1.807, 2.05) is 0 Å². The number of nitrogens with one attached hydrogen (secondary N) is 1. The van der Waals surface area contributed by atoms with E-state index in [9.17, 15) is 9.59 Å². The zero-order chi connectivity index (χ0) is 14.0. The zero-order valence-corrected chi connectivity index (χ0v) is 11.2. The molecule has 1 saturated carbocycles. The lowest BCUT2D eigenvalue weighted by molar-refractivity contribution is -0.143. The normalized spacial score (nSPS) is 16.5. The van der Waals surface area contributed by atoms with Crippen molar-refractivity contribution in [3.8, 4) is 0 Å². The van der Waals surface area contributed by atoms with Gasteiger partial charge in [0.15, 0.2) is 0 Å². The molecule has 104 valence electrons. The summed E-state index contributed by atoms with van der Waals surface area (Å²) >= 11 is 0. The summed E-state index contributed by atoms with van der Waals surface area (Å²) in [4.78, 5) is 23.2. The van der Waals surface area contributed by atoms with Crippen LogP contribution in [0.1, 0.15) is 56.1 Å². The fourth-order valence-electron chi connectivity index (χ4n) is 2.34. The highest BCUT2D eigenvalue weighted by atomic mass is 16.4. The topological polar surface area (TPSA) is 84.2 Å². The van der Waals surface area contributed by atoms with Gasteiger partial charge in [0.05, 0.1) is 6.04 Å². The molecule has 19 heavy (non-hydrogen) atoms. The summed E-state index contributed by atoms with van der Waals surface area (Å²) in [5.74, 6) is -1.45. The highest BCUT2D eigenvalue weighted by Crippen LogP contribution is 2.29. The Morgan fingerprint density at radius 3 is 2.63 bits per heavy atom. The zero-order valence-electron chi connectivity index (χ0n) is 11.2. The SMILES string of the molecule is CC(C)(NC(=O)c1ccnn1C1CCCC1)C(=O)O. The van der Waals surface area contributed by atoms with Crippen molar-refractivity contribution in [3.05, 3.63) is 18.0 Å². The second kappa shape index (κ2) is 5.03. The van der Waals surface area contributed by atoms with Crippen LogP contribution in [0.2, 0.25) is 0 Å². The van der Waals surface area contributed by atoms with Crippen molar-refractivity contribution in [3.63, 3.8) is 0 Å². The van der Waals surface area contributed by atoms with Crippen LogP contribution in [-0.4, -0.2) is 32.3 Å². The van der Waals surface area contributed by atoms with Gasteiger partial charge in [-0.25, -0.2) is 4.79 Å². The van der Waals surface area contributed by atoms with E-state index < -0.39 is 17.4 Å². The standard InChI is InChI=1S/C13H19N3O3/c1-13(2,12(18)19)15-11(17)10-7-8-14-16(10)9-5-3-4-6-9/h7-9H,3-6H2,1-2H3,(H,15,17)(H,18,19). The molecule has 0 spiro atoms. The van der Waals surface area contributed by atoms with Crippen LogP contribution in [0.15, 0.2) is 12.3 Å². The van der Waals surface area contributed by atoms with Gasteiger partial charge in [-0.1, -0.05) is 12.8 Å². The molecule has 2 rings (SSSR count). The van der Waals surface area contributed by atoms with Gasteiger partial charge >= 0.3 is 5.97 Å². The molecule has 0 radical (unpaired) electrons. The van der Waals surface area contributed by atoms with E-state index in [4.69, 9.17) is 5.11 Å². The van der Waals surface area contributed by atoms with Crippen LogP contribution in [0.25, 0.3) is 0 Å². The molecule has 1 aromatic rings. The first-order valence-electron chi connectivity index (χ1n) is 6.51. The molecule has 0 aromatic carbocycles. The summed E-state index contributed by atoms with van der Waals surface area (Å²) < 4.78 is 1.72. The third-order valence-electron chi connectivity index (χ3n) is 3.53. The Morgan fingerprint density at radius 2 is 2.05 bits per heavy atom.